The summed E-state index contributed by atoms with van der Waals surface area (Å²) >= 11 is 1.53. The number of para-hydroxylation sites is 1. The number of nitrogens with zero attached hydrogens (tertiary/aromatic N) is 1. The zero-order chi connectivity index (χ0) is 14.1. The summed E-state index contributed by atoms with van der Waals surface area (Å²) in [5, 5.41) is 10.9. The summed E-state index contributed by atoms with van der Waals surface area (Å²) in [5.74, 6) is 1.19. The van der Waals surface area contributed by atoms with Crippen molar-refractivity contribution >= 4 is 21.6 Å². The standard InChI is InChI=1S/C15H13NO3S/c1-18-12-7-9(11(17)8-13(12)19-2)15-16-10-5-3-4-6-14(10)20-15/h3-8,17H,1-2H3. The van der Waals surface area contributed by atoms with Crippen LogP contribution in [0, 0.1) is 0 Å². The lowest BCUT2D eigenvalue weighted by atomic mass is 10.2. The number of rotatable bonds is 3. The largest absolute Gasteiger partial charge is 0.507 e. The van der Waals surface area contributed by atoms with Gasteiger partial charge in [0.1, 0.15) is 10.8 Å². The average molecular weight is 287 g/mol. The van der Waals surface area contributed by atoms with E-state index in [9.17, 15) is 5.11 Å². The topological polar surface area (TPSA) is 51.6 Å². The van der Waals surface area contributed by atoms with Gasteiger partial charge in [0, 0.05) is 6.07 Å². The Hall–Kier alpha value is -2.27. The number of phenolic OH excluding ortho intramolecular Hbond substituents is 1. The van der Waals surface area contributed by atoms with Crippen molar-refractivity contribution < 1.29 is 14.6 Å². The molecule has 5 heteroatoms. The molecule has 0 fully saturated rings. The van der Waals surface area contributed by atoms with Crippen LogP contribution in [0.3, 0.4) is 0 Å². The Balaban J connectivity index is 2.18. The molecule has 0 atom stereocenters. The molecule has 0 amide bonds. The Bertz CT molecular complexity index is 734. The Morgan fingerprint density at radius 2 is 1.75 bits per heavy atom. The second kappa shape index (κ2) is 5.02. The third kappa shape index (κ3) is 2.06. The molecule has 3 aromatic rings. The molecule has 20 heavy (non-hydrogen) atoms. The van der Waals surface area contributed by atoms with Gasteiger partial charge in [0.15, 0.2) is 11.5 Å². The van der Waals surface area contributed by atoms with E-state index in [0.29, 0.717) is 17.1 Å². The van der Waals surface area contributed by atoms with E-state index >= 15 is 0 Å². The van der Waals surface area contributed by atoms with Gasteiger partial charge in [-0.15, -0.1) is 11.3 Å². The van der Waals surface area contributed by atoms with Gasteiger partial charge in [0.2, 0.25) is 0 Å². The van der Waals surface area contributed by atoms with Crippen LogP contribution in [-0.2, 0) is 0 Å². The summed E-state index contributed by atoms with van der Waals surface area (Å²) in [6.07, 6.45) is 0. The lowest BCUT2D eigenvalue weighted by Gasteiger charge is -2.10. The third-order valence-corrected chi connectivity index (χ3v) is 4.10. The third-order valence-electron chi connectivity index (χ3n) is 3.03. The van der Waals surface area contributed by atoms with E-state index in [1.807, 2.05) is 24.3 Å². The first-order valence-electron chi connectivity index (χ1n) is 6.04. The van der Waals surface area contributed by atoms with Crippen LogP contribution < -0.4 is 9.47 Å². The second-order valence-corrected chi connectivity index (χ2v) is 5.24. The van der Waals surface area contributed by atoms with E-state index in [1.54, 1.807) is 19.2 Å². The molecule has 102 valence electrons. The van der Waals surface area contributed by atoms with Crippen molar-refractivity contribution in [1.82, 2.24) is 4.98 Å². The van der Waals surface area contributed by atoms with Gasteiger partial charge in [-0.3, -0.25) is 0 Å². The quantitative estimate of drug-likeness (QED) is 0.798. The van der Waals surface area contributed by atoms with Crippen molar-refractivity contribution in [3.8, 4) is 27.8 Å². The molecule has 0 spiro atoms. The number of fused-ring (bicyclic) bond motifs is 1. The van der Waals surface area contributed by atoms with Crippen molar-refractivity contribution in [2.75, 3.05) is 14.2 Å². The number of hydrogen-bond acceptors (Lipinski definition) is 5. The molecule has 0 radical (unpaired) electrons. The number of hydrogen-bond donors (Lipinski definition) is 1. The summed E-state index contributed by atoms with van der Waals surface area (Å²) in [6.45, 7) is 0. The van der Waals surface area contributed by atoms with Crippen LogP contribution in [0.5, 0.6) is 17.2 Å². The van der Waals surface area contributed by atoms with Gasteiger partial charge >= 0.3 is 0 Å². The van der Waals surface area contributed by atoms with E-state index in [2.05, 4.69) is 4.98 Å². The molecule has 1 N–H and O–H groups in total. The number of benzene rings is 2. The van der Waals surface area contributed by atoms with Gasteiger partial charge in [0.25, 0.3) is 0 Å². The number of thiazole rings is 1. The molecular formula is C15H13NO3S. The molecule has 1 heterocycles. The van der Waals surface area contributed by atoms with Crippen LogP contribution in [0.4, 0.5) is 0 Å². The first-order valence-corrected chi connectivity index (χ1v) is 6.85. The van der Waals surface area contributed by atoms with Crippen molar-refractivity contribution in [2.45, 2.75) is 0 Å². The highest BCUT2D eigenvalue weighted by Crippen LogP contribution is 2.41. The van der Waals surface area contributed by atoms with Crippen LogP contribution >= 0.6 is 11.3 Å². The van der Waals surface area contributed by atoms with Gasteiger partial charge in [0.05, 0.1) is 30.0 Å². The number of methoxy groups -OCH3 is 2. The first-order chi connectivity index (χ1) is 9.72. The fraction of sp³-hybridized carbons (Fsp3) is 0.133. The Kier molecular flexibility index (Phi) is 3.20. The number of aromatic nitrogens is 1. The van der Waals surface area contributed by atoms with Crippen LogP contribution in [0.15, 0.2) is 36.4 Å². The molecule has 0 unspecified atom stereocenters. The van der Waals surface area contributed by atoms with Gasteiger partial charge in [-0.25, -0.2) is 4.98 Å². The van der Waals surface area contributed by atoms with Crippen LogP contribution in [0.1, 0.15) is 0 Å². The smallest absolute Gasteiger partial charge is 0.164 e. The van der Waals surface area contributed by atoms with Crippen molar-refractivity contribution in [3.63, 3.8) is 0 Å². The Morgan fingerprint density at radius 3 is 2.45 bits per heavy atom. The van der Waals surface area contributed by atoms with Crippen LogP contribution in [0.2, 0.25) is 0 Å². The normalized spacial score (nSPS) is 10.7. The molecule has 0 bridgehead atoms. The minimum absolute atomic E-state index is 0.127. The summed E-state index contributed by atoms with van der Waals surface area (Å²) < 4.78 is 11.5. The van der Waals surface area contributed by atoms with Crippen LogP contribution in [-0.4, -0.2) is 24.3 Å². The molecule has 0 aliphatic rings. The summed E-state index contributed by atoms with van der Waals surface area (Å²) in [6, 6.07) is 11.2. The zero-order valence-electron chi connectivity index (χ0n) is 11.1. The molecule has 2 aromatic carbocycles. The SMILES string of the molecule is COc1cc(O)c(-c2nc3ccccc3s2)cc1OC. The Morgan fingerprint density at radius 1 is 1.05 bits per heavy atom. The van der Waals surface area contributed by atoms with Crippen molar-refractivity contribution in [3.05, 3.63) is 36.4 Å². The predicted octanol–water partition coefficient (Wildman–Crippen LogP) is 3.69. The van der Waals surface area contributed by atoms with Gasteiger partial charge in [-0.2, -0.15) is 0 Å². The summed E-state index contributed by atoms with van der Waals surface area (Å²) in [5.41, 5.74) is 1.56. The first kappa shape index (κ1) is 12.7. The molecule has 3 rings (SSSR count). The maximum atomic E-state index is 10.2. The number of aromatic hydroxyl groups is 1. The highest BCUT2D eigenvalue weighted by molar-refractivity contribution is 7.21. The van der Waals surface area contributed by atoms with Crippen LogP contribution in [0.25, 0.3) is 20.8 Å². The minimum Gasteiger partial charge on any atom is -0.507 e. The fourth-order valence-electron chi connectivity index (χ4n) is 2.03. The van der Waals surface area contributed by atoms with Gasteiger partial charge < -0.3 is 14.6 Å². The second-order valence-electron chi connectivity index (χ2n) is 4.21. The van der Waals surface area contributed by atoms with Gasteiger partial charge in [-0.05, 0) is 18.2 Å². The van der Waals surface area contributed by atoms with Crippen molar-refractivity contribution in [2.24, 2.45) is 0 Å². The van der Waals surface area contributed by atoms with E-state index in [4.69, 9.17) is 9.47 Å². The molecule has 1 aromatic heterocycles. The van der Waals surface area contributed by atoms with E-state index < -0.39 is 0 Å². The number of ether oxygens (including phenoxy) is 2. The summed E-state index contributed by atoms with van der Waals surface area (Å²) in [4.78, 5) is 4.54. The molecule has 0 saturated carbocycles. The average Bonchev–Trinajstić information content (AvgIpc) is 2.90. The lowest BCUT2D eigenvalue weighted by Crippen LogP contribution is -1.91. The highest BCUT2D eigenvalue weighted by atomic mass is 32.1. The van der Waals surface area contributed by atoms with E-state index in [0.717, 1.165) is 15.2 Å². The van der Waals surface area contributed by atoms with Crippen molar-refractivity contribution in [1.29, 1.82) is 0 Å². The van der Waals surface area contributed by atoms with Gasteiger partial charge in [-0.1, -0.05) is 12.1 Å². The maximum Gasteiger partial charge on any atom is 0.164 e. The summed E-state index contributed by atoms with van der Waals surface area (Å²) in [7, 11) is 3.10. The monoisotopic (exact) mass is 287 g/mol. The number of phenols is 1. The Labute approximate surface area is 120 Å². The minimum atomic E-state index is 0.127. The zero-order valence-corrected chi connectivity index (χ0v) is 11.9. The maximum absolute atomic E-state index is 10.2. The fourth-order valence-corrected chi connectivity index (χ4v) is 3.02. The van der Waals surface area contributed by atoms with E-state index in [-0.39, 0.29) is 5.75 Å². The highest BCUT2D eigenvalue weighted by Gasteiger charge is 2.15. The predicted molar refractivity (Wildman–Crippen MR) is 79.8 cm³/mol. The molecule has 0 saturated heterocycles. The lowest BCUT2D eigenvalue weighted by molar-refractivity contribution is 0.352. The van der Waals surface area contributed by atoms with E-state index in [1.165, 1.54) is 18.4 Å². The molecule has 4 nitrogen and oxygen atoms in total. The molecule has 0 aliphatic carbocycles. The molecular weight excluding hydrogens is 274 g/mol. The molecule has 0 aliphatic heterocycles.